The van der Waals surface area contributed by atoms with Gasteiger partial charge in [0.25, 0.3) is 0 Å². The summed E-state index contributed by atoms with van der Waals surface area (Å²) in [5, 5.41) is 0. The molecule has 0 aliphatic heterocycles. The van der Waals surface area contributed by atoms with Crippen LogP contribution in [0.25, 0.3) is 6.08 Å². The second kappa shape index (κ2) is 2.52. The average Bonchev–Trinajstić information content (AvgIpc) is 1.85. The lowest BCUT2D eigenvalue weighted by Gasteiger charge is -1.95. The van der Waals surface area contributed by atoms with Crippen LogP contribution in [0.2, 0.25) is 0 Å². The summed E-state index contributed by atoms with van der Waals surface area (Å²) < 4.78 is 12.5. The number of nitrogen functional groups attached to an aromatic ring is 1. The SMILES string of the molecule is C=Cc1cc(N)cc(F)c1. The molecule has 0 unspecified atom stereocenters. The van der Waals surface area contributed by atoms with Crippen LogP contribution in [-0.2, 0) is 0 Å². The molecule has 10 heavy (non-hydrogen) atoms. The van der Waals surface area contributed by atoms with E-state index >= 15 is 0 Å². The van der Waals surface area contributed by atoms with Crippen LogP contribution in [0.4, 0.5) is 10.1 Å². The Hall–Kier alpha value is -1.31. The number of anilines is 1. The quantitative estimate of drug-likeness (QED) is 0.589. The van der Waals surface area contributed by atoms with E-state index in [0.717, 1.165) is 0 Å². The fourth-order valence-corrected chi connectivity index (χ4v) is 0.754. The number of halogens is 1. The molecule has 0 aliphatic carbocycles. The van der Waals surface area contributed by atoms with E-state index in [2.05, 4.69) is 6.58 Å². The molecule has 0 radical (unpaired) electrons. The Morgan fingerprint density at radius 2 is 2.10 bits per heavy atom. The Morgan fingerprint density at radius 1 is 1.40 bits per heavy atom. The maximum Gasteiger partial charge on any atom is 0.125 e. The Kier molecular flexibility index (Phi) is 1.71. The van der Waals surface area contributed by atoms with Crippen molar-refractivity contribution in [3.8, 4) is 0 Å². The molecule has 0 bridgehead atoms. The first-order chi connectivity index (χ1) is 4.72. The van der Waals surface area contributed by atoms with Gasteiger partial charge in [-0.15, -0.1) is 0 Å². The summed E-state index contributed by atoms with van der Waals surface area (Å²) in [6.07, 6.45) is 1.56. The topological polar surface area (TPSA) is 26.0 Å². The minimum Gasteiger partial charge on any atom is -0.399 e. The van der Waals surface area contributed by atoms with Crippen LogP contribution in [0, 0.1) is 5.82 Å². The second-order valence-corrected chi connectivity index (χ2v) is 2.02. The van der Waals surface area contributed by atoms with Crippen LogP contribution in [-0.4, -0.2) is 0 Å². The monoisotopic (exact) mass is 137 g/mol. The summed E-state index contributed by atoms with van der Waals surface area (Å²) >= 11 is 0. The minimum absolute atomic E-state index is 0.324. The van der Waals surface area contributed by atoms with Crippen molar-refractivity contribution < 1.29 is 4.39 Å². The average molecular weight is 137 g/mol. The Balaban J connectivity index is 3.18. The smallest absolute Gasteiger partial charge is 0.125 e. The number of rotatable bonds is 1. The van der Waals surface area contributed by atoms with Gasteiger partial charge in [-0.2, -0.15) is 0 Å². The third kappa shape index (κ3) is 1.35. The molecule has 0 fully saturated rings. The van der Waals surface area contributed by atoms with E-state index in [-0.39, 0.29) is 5.82 Å². The summed E-state index contributed by atoms with van der Waals surface area (Å²) in [5.74, 6) is -0.324. The van der Waals surface area contributed by atoms with Crippen LogP contribution in [0.1, 0.15) is 5.56 Å². The van der Waals surface area contributed by atoms with E-state index in [4.69, 9.17) is 5.73 Å². The van der Waals surface area contributed by atoms with Crippen LogP contribution in [0.15, 0.2) is 24.8 Å². The van der Waals surface area contributed by atoms with Crippen molar-refractivity contribution in [1.29, 1.82) is 0 Å². The molecule has 0 atom stereocenters. The van der Waals surface area contributed by atoms with Crippen molar-refractivity contribution in [3.05, 3.63) is 36.2 Å². The minimum atomic E-state index is -0.324. The molecule has 0 spiro atoms. The molecule has 1 aromatic carbocycles. The third-order valence-corrected chi connectivity index (χ3v) is 1.18. The number of hydrogen-bond acceptors (Lipinski definition) is 1. The fourth-order valence-electron chi connectivity index (χ4n) is 0.754. The van der Waals surface area contributed by atoms with Gasteiger partial charge in [-0.25, -0.2) is 4.39 Å². The largest absolute Gasteiger partial charge is 0.399 e. The van der Waals surface area contributed by atoms with Gasteiger partial charge in [0.15, 0.2) is 0 Å². The third-order valence-electron chi connectivity index (χ3n) is 1.18. The van der Waals surface area contributed by atoms with Crippen LogP contribution in [0.5, 0.6) is 0 Å². The lowest BCUT2D eigenvalue weighted by molar-refractivity contribution is 0.628. The van der Waals surface area contributed by atoms with Crippen molar-refractivity contribution in [3.63, 3.8) is 0 Å². The van der Waals surface area contributed by atoms with Gasteiger partial charge in [-0.05, 0) is 23.8 Å². The van der Waals surface area contributed by atoms with E-state index in [1.54, 1.807) is 12.1 Å². The molecule has 0 heterocycles. The van der Waals surface area contributed by atoms with Crippen molar-refractivity contribution in [1.82, 2.24) is 0 Å². The summed E-state index contributed by atoms with van der Waals surface area (Å²) in [6, 6.07) is 4.31. The molecular weight excluding hydrogens is 129 g/mol. The maximum absolute atomic E-state index is 12.5. The van der Waals surface area contributed by atoms with E-state index in [0.29, 0.717) is 11.3 Å². The molecule has 0 saturated heterocycles. The Bertz CT molecular complexity index is 235. The zero-order chi connectivity index (χ0) is 7.56. The van der Waals surface area contributed by atoms with Gasteiger partial charge in [0.05, 0.1) is 0 Å². The van der Waals surface area contributed by atoms with Crippen molar-refractivity contribution in [2.75, 3.05) is 5.73 Å². The number of nitrogens with two attached hydrogens (primary N) is 1. The first-order valence-corrected chi connectivity index (χ1v) is 2.91. The van der Waals surface area contributed by atoms with E-state index in [1.807, 2.05) is 0 Å². The van der Waals surface area contributed by atoms with Crippen molar-refractivity contribution in [2.45, 2.75) is 0 Å². The zero-order valence-electron chi connectivity index (χ0n) is 5.47. The Labute approximate surface area is 59.0 Å². The van der Waals surface area contributed by atoms with Gasteiger partial charge >= 0.3 is 0 Å². The summed E-state index contributed by atoms with van der Waals surface area (Å²) in [6.45, 7) is 3.49. The molecule has 1 nitrogen and oxygen atoms in total. The normalized spacial score (nSPS) is 9.30. The maximum atomic E-state index is 12.5. The molecule has 1 rings (SSSR count). The highest BCUT2D eigenvalue weighted by atomic mass is 19.1. The highest BCUT2D eigenvalue weighted by Gasteiger charge is 1.92. The lowest BCUT2D eigenvalue weighted by Crippen LogP contribution is -1.86. The first kappa shape index (κ1) is 6.81. The van der Waals surface area contributed by atoms with Crippen LogP contribution >= 0.6 is 0 Å². The molecule has 1 aromatic rings. The van der Waals surface area contributed by atoms with Crippen LogP contribution < -0.4 is 5.73 Å². The summed E-state index contributed by atoms with van der Waals surface area (Å²) in [4.78, 5) is 0. The highest BCUT2D eigenvalue weighted by molar-refractivity contribution is 5.54. The van der Waals surface area contributed by atoms with Gasteiger partial charge in [-0.3, -0.25) is 0 Å². The predicted molar refractivity (Wildman–Crippen MR) is 40.9 cm³/mol. The van der Waals surface area contributed by atoms with Gasteiger partial charge in [0.2, 0.25) is 0 Å². The van der Waals surface area contributed by atoms with E-state index < -0.39 is 0 Å². The molecule has 2 heteroatoms. The predicted octanol–water partition coefficient (Wildman–Crippen LogP) is 2.05. The second-order valence-electron chi connectivity index (χ2n) is 2.02. The van der Waals surface area contributed by atoms with Gasteiger partial charge in [-0.1, -0.05) is 12.7 Å². The van der Waals surface area contributed by atoms with Crippen molar-refractivity contribution >= 4 is 11.8 Å². The summed E-state index contributed by atoms with van der Waals surface area (Å²) in [7, 11) is 0. The molecule has 52 valence electrons. The van der Waals surface area contributed by atoms with E-state index in [9.17, 15) is 4.39 Å². The molecule has 0 aliphatic rings. The fraction of sp³-hybridized carbons (Fsp3) is 0. The van der Waals surface area contributed by atoms with E-state index in [1.165, 1.54) is 12.1 Å². The number of hydrogen-bond donors (Lipinski definition) is 1. The molecule has 0 aromatic heterocycles. The molecule has 0 saturated carbocycles. The van der Waals surface area contributed by atoms with Gasteiger partial charge in [0.1, 0.15) is 5.82 Å². The highest BCUT2D eigenvalue weighted by Crippen LogP contribution is 2.10. The molecule has 2 N–H and O–H groups in total. The summed E-state index contributed by atoms with van der Waals surface area (Å²) in [5.41, 5.74) is 6.48. The lowest BCUT2D eigenvalue weighted by atomic mass is 10.2. The van der Waals surface area contributed by atoms with Crippen LogP contribution in [0.3, 0.4) is 0 Å². The van der Waals surface area contributed by atoms with Gasteiger partial charge < -0.3 is 5.73 Å². The van der Waals surface area contributed by atoms with Crippen molar-refractivity contribution in [2.24, 2.45) is 0 Å². The van der Waals surface area contributed by atoms with Gasteiger partial charge in [0, 0.05) is 5.69 Å². The Morgan fingerprint density at radius 3 is 2.60 bits per heavy atom. The standard InChI is InChI=1S/C8H8FN/c1-2-6-3-7(9)5-8(10)4-6/h2-5H,1,10H2. The number of benzene rings is 1. The molecule has 0 amide bonds. The first-order valence-electron chi connectivity index (χ1n) is 2.91. The molecular formula is C8H8FN. The zero-order valence-corrected chi connectivity index (χ0v) is 5.47.